The first-order chi connectivity index (χ1) is 12.0. The van der Waals surface area contributed by atoms with Crippen molar-refractivity contribution in [1.82, 2.24) is 4.98 Å². The van der Waals surface area contributed by atoms with Gasteiger partial charge in [-0.1, -0.05) is 36.4 Å². The zero-order chi connectivity index (χ0) is 17.4. The average molecular weight is 341 g/mol. The van der Waals surface area contributed by atoms with Crippen molar-refractivity contribution in [2.75, 3.05) is 0 Å². The van der Waals surface area contributed by atoms with Gasteiger partial charge in [0.15, 0.2) is 0 Å². The van der Waals surface area contributed by atoms with Crippen molar-refractivity contribution in [1.29, 1.82) is 0 Å². The lowest BCUT2D eigenvalue weighted by atomic mass is 10.1. The van der Waals surface area contributed by atoms with Gasteiger partial charge >= 0.3 is 6.18 Å². The molecule has 0 amide bonds. The molecule has 1 aromatic heterocycles. The van der Waals surface area contributed by atoms with Gasteiger partial charge in [-0.2, -0.15) is 13.2 Å². The summed E-state index contributed by atoms with van der Waals surface area (Å²) in [5.74, 6) is 0.704. The standard InChI is InChI=1S/C20H14F3NO/c21-20(22,23)14-10-8-13(9-11-14)12-25-18-7-3-6-17-19(18)15-4-1-2-5-16(15)24-17/h1-11,24H,12H2. The minimum absolute atomic E-state index is 0.205. The molecular formula is C20H14F3NO. The molecule has 1 N–H and O–H groups in total. The van der Waals surface area contributed by atoms with Crippen LogP contribution in [0.4, 0.5) is 13.2 Å². The molecule has 0 fully saturated rings. The number of halogens is 3. The highest BCUT2D eigenvalue weighted by Crippen LogP contribution is 2.33. The Labute approximate surface area is 141 Å². The second-order valence-corrected chi connectivity index (χ2v) is 5.83. The zero-order valence-electron chi connectivity index (χ0n) is 13.1. The maximum absolute atomic E-state index is 12.6. The van der Waals surface area contributed by atoms with Gasteiger partial charge in [0.25, 0.3) is 0 Å². The second-order valence-electron chi connectivity index (χ2n) is 5.83. The quantitative estimate of drug-likeness (QED) is 0.492. The molecule has 4 aromatic rings. The largest absolute Gasteiger partial charge is 0.488 e. The Hall–Kier alpha value is -2.95. The van der Waals surface area contributed by atoms with Gasteiger partial charge < -0.3 is 9.72 Å². The lowest BCUT2D eigenvalue weighted by Crippen LogP contribution is -2.05. The van der Waals surface area contributed by atoms with Gasteiger partial charge in [-0.25, -0.2) is 0 Å². The van der Waals surface area contributed by atoms with E-state index in [0.29, 0.717) is 11.3 Å². The minimum Gasteiger partial charge on any atom is -0.488 e. The molecule has 0 bridgehead atoms. The van der Waals surface area contributed by atoms with Crippen molar-refractivity contribution in [3.63, 3.8) is 0 Å². The predicted octanol–water partition coefficient (Wildman–Crippen LogP) is 5.92. The molecule has 0 aliphatic carbocycles. The number of ether oxygens (including phenoxy) is 1. The monoisotopic (exact) mass is 341 g/mol. The number of rotatable bonds is 3. The number of para-hydroxylation sites is 1. The lowest BCUT2D eigenvalue weighted by Gasteiger charge is -2.10. The molecule has 2 nitrogen and oxygen atoms in total. The van der Waals surface area contributed by atoms with Crippen LogP contribution in [0.15, 0.2) is 66.7 Å². The Morgan fingerprint density at radius 3 is 2.28 bits per heavy atom. The lowest BCUT2D eigenvalue weighted by molar-refractivity contribution is -0.137. The Morgan fingerprint density at radius 2 is 1.52 bits per heavy atom. The second kappa shape index (κ2) is 5.84. The average Bonchev–Trinajstić information content (AvgIpc) is 2.98. The smallest absolute Gasteiger partial charge is 0.416 e. The molecule has 0 saturated carbocycles. The summed E-state index contributed by atoms with van der Waals surface area (Å²) in [7, 11) is 0. The molecule has 0 atom stereocenters. The SMILES string of the molecule is FC(F)(F)c1ccc(COc2cccc3[nH]c4ccccc4c23)cc1. The molecule has 4 rings (SSSR count). The Morgan fingerprint density at radius 1 is 0.800 bits per heavy atom. The summed E-state index contributed by atoms with van der Waals surface area (Å²) in [6.07, 6.45) is -4.32. The van der Waals surface area contributed by atoms with E-state index in [1.807, 2.05) is 42.5 Å². The van der Waals surface area contributed by atoms with Crippen molar-refractivity contribution < 1.29 is 17.9 Å². The first-order valence-electron chi connectivity index (χ1n) is 7.81. The summed E-state index contributed by atoms with van der Waals surface area (Å²) in [4.78, 5) is 3.34. The van der Waals surface area contributed by atoms with E-state index in [1.54, 1.807) is 0 Å². The van der Waals surface area contributed by atoms with Gasteiger partial charge in [0.2, 0.25) is 0 Å². The highest BCUT2D eigenvalue weighted by atomic mass is 19.4. The van der Waals surface area contributed by atoms with E-state index >= 15 is 0 Å². The third-order valence-electron chi connectivity index (χ3n) is 4.17. The van der Waals surface area contributed by atoms with Crippen molar-refractivity contribution in [2.24, 2.45) is 0 Å². The van der Waals surface area contributed by atoms with Crippen LogP contribution in [0, 0.1) is 0 Å². The number of nitrogens with one attached hydrogen (secondary N) is 1. The maximum Gasteiger partial charge on any atom is 0.416 e. The minimum atomic E-state index is -4.32. The molecule has 25 heavy (non-hydrogen) atoms. The fourth-order valence-corrected chi connectivity index (χ4v) is 2.94. The van der Waals surface area contributed by atoms with Gasteiger partial charge in [0, 0.05) is 16.3 Å². The van der Waals surface area contributed by atoms with Crippen LogP contribution in [0.5, 0.6) is 5.75 Å². The number of alkyl halides is 3. The summed E-state index contributed by atoms with van der Waals surface area (Å²) in [6.45, 7) is 0.205. The highest BCUT2D eigenvalue weighted by Gasteiger charge is 2.29. The Balaban J connectivity index is 1.63. The fourth-order valence-electron chi connectivity index (χ4n) is 2.94. The van der Waals surface area contributed by atoms with Crippen LogP contribution >= 0.6 is 0 Å². The van der Waals surface area contributed by atoms with Crippen molar-refractivity contribution in [3.8, 4) is 5.75 Å². The van der Waals surface area contributed by atoms with Crippen LogP contribution in [0.1, 0.15) is 11.1 Å². The molecule has 0 spiro atoms. The number of fused-ring (bicyclic) bond motifs is 3. The van der Waals surface area contributed by atoms with Gasteiger partial charge in [-0.3, -0.25) is 0 Å². The zero-order valence-corrected chi connectivity index (χ0v) is 13.1. The van der Waals surface area contributed by atoms with Crippen LogP contribution < -0.4 is 4.74 Å². The first-order valence-corrected chi connectivity index (χ1v) is 7.81. The normalized spacial score (nSPS) is 12.0. The van der Waals surface area contributed by atoms with Gasteiger partial charge in [0.05, 0.1) is 11.1 Å². The molecule has 126 valence electrons. The van der Waals surface area contributed by atoms with E-state index < -0.39 is 11.7 Å². The highest BCUT2D eigenvalue weighted by molar-refractivity contribution is 6.10. The van der Waals surface area contributed by atoms with Crippen LogP contribution in [0.2, 0.25) is 0 Å². The molecule has 0 radical (unpaired) electrons. The number of hydrogen-bond acceptors (Lipinski definition) is 1. The van der Waals surface area contributed by atoms with Crippen molar-refractivity contribution in [2.45, 2.75) is 12.8 Å². The number of benzene rings is 3. The Bertz CT molecular complexity index is 1030. The number of H-pyrrole nitrogens is 1. The van der Waals surface area contributed by atoms with Crippen molar-refractivity contribution >= 4 is 21.8 Å². The van der Waals surface area contributed by atoms with Crippen LogP contribution in [-0.2, 0) is 12.8 Å². The van der Waals surface area contributed by atoms with E-state index in [-0.39, 0.29) is 6.61 Å². The molecule has 0 saturated heterocycles. The van der Waals surface area contributed by atoms with Crippen molar-refractivity contribution in [3.05, 3.63) is 77.9 Å². The van der Waals surface area contributed by atoms with Crippen LogP contribution in [-0.4, -0.2) is 4.98 Å². The number of aromatic amines is 1. The Kier molecular flexibility index (Phi) is 3.64. The molecule has 0 aliphatic heterocycles. The third kappa shape index (κ3) is 2.93. The van der Waals surface area contributed by atoms with E-state index in [9.17, 15) is 13.2 Å². The summed E-state index contributed by atoms with van der Waals surface area (Å²) in [6, 6.07) is 18.7. The third-order valence-corrected chi connectivity index (χ3v) is 4.17. The molecule has 3 aromatic carbocycles. The summed E-state index contributed by atoms with van der Waals surface area (Å²) >= 11 is 0. The van der Waals surface area contributed by atoms with Crippen LogP contribution in [0.25, 0.3) is 21.8 Å². The van der Waals surface area contributed by atoms with Gasteiger partial charge in [-0.15, -0.1) is 0 Å². The fraction of sp³-hybridized carbons (Fsp3) is 0.100. The predicted molar refractivity (Wildman–Crippen MR) is 91.6 cm³/mol. The molecule has 0 aliphatic rings. The van der Waals surface area contributed by atoms with E-state index in [2.05, 4.69) is 4.98 Å². The van der Waals surface area contributed by atoms with E-state index in [1.165, 1.54) is 12.1 Å². The molecule has 0 unspecified atom stereocenters. The van der Waals surface area contributed by atoms with Crippen LogP contribution in [0.3, 0.4) is 0 Å². The van der Waals surface area contributed by atoms with E-state index in [4.69, 9.17) is 4.74 Å². The number of hydrogen-bond donors (Lipinski definition) is 1. The van der Waals surface area contributed by atoms with Gasteiger partial charge in [0.1, 0.15) is 12.4 Å². The number of aromatic nitrogens is 1. The topological polar surface area (TPSA) is 25.0 Å². The molecule has 1 heterocycles. The maximum atomic E-state index is 12.6. The molecule has 5 heteroatoms. The summed E-state index contributed by atoms with van der Waals surface area (Å²) in [5.41, 5.74) is 2.01. The molecular weight excluding hydrogens is 327 g/mol. The summed E-state index contributed by atoms with van der Waals surface area (Å²) in [5, 5.41) is 2.03. The summed E-state index contributed by atoms with van der Waals surface area (Å²) < 4.78 is 43.8. The van der Waals surface area contributed by atoms with Gasteiger partial charge in [-0.05, 0) is 35.9 Å². The van der Waals surface area contributed by atoms with E-state index in [0.717, 1.165) is 33.9 Å². The first kappa shape index (κ1) is 15.6.